The van der Waals surface area contributed by atoms with E-state index in [1.54, 1.807) is 41.8 Å². The summed E-state index contributed by atoms with van der Waals surface area (Å²) in [6.45, 7) is 1.40. The van der Waals surface area contributed by atoms with E-state index in [2.05, 4.69) is 10.1 Å². The number of benzene rings is 2. The van der Waals surface area contributed by atoms with Gasteiger partial charge in [-0.15, -0.1) is 24.5 Å². The molecule has 1 atom stereocenters. The average Bonchev–Trinajstić information content (AvgIpc) is 3.18. The molecule has 0 aliphatic heterocycles. The first-order valence-electron chi connectivity index (χ1n) is 8.64. The van der Waals surface area contributed by atoms with Gasteiger partial charge >= 0.3 is 12.3 Å². The molecule has 1 heterocycles. The lowest BCUT2D eigenvalue weighted by Crippen LogP contribution is -2.49. The van der Waals surface area contributed by atoms with Gasteiger partial charge in [0.15, 0.2) is 5.54 Å². The van der Waals surface area contributed by atoms with Crippen LogP contribution in [0.1, 0.15) is 22.2 Å². The van der Waals surface area contributed by atoms with Gasteiger partial charge < -0.3 is 15.2 Å². The Bertz CT molecular complexity index is 1050. The standard InChI is InChI=1S/C21H16F3NO4S/c1-20(19(27)28,15-5-3-2-4-6-15)25-18(26)17-11-14(12-30-17)13-7-9-16(10-8-13)29-21(22,23)24/h2-12H,1H3,(H,25,26)(H,27,28)/t20-/m1/s1. The Hall–Kier alpha value is -3.33. The molecule has 3 aromatic rings. The summed E-state index contributed by atoms with van der Waals surface area (Å²) in [7, 11) is 0. The van der Waals surface area contributed by atoms with E-state index in [1.807, 2.05) is 0 Å². The lowest BCUT2D eigenvalue weighted by molar-refractivity contribution is -0.274. The van der Waals surface area contributed by atoms with Crippen LogP contribution in [0.25, 0.3) is 11.1 Å². The highest BCUT2D eigenvalue weighted by atomic mass is 32.1. The molecule has 9 heteroatoms. The summed E-state index contributed by atoms with van der Waals surface area (Å²) < 4.78 is 40.6. The highest BCUT2D eigenvalue weighted by Crippen LogP contribution is 2.30. The smallest absolute Gasteiger partial charge is 0.479 e. The zero-order chi connectivity index (χ0) is 21.9. The third-order valence-electron chi connectivity index (χ3n) is 4.39. The summed E-state index contributed by atoms with van der Waals surface area (Å²) in [5, 5.41) is 13.9. The highest BCUT2D eigenvalue weighted by molar-refractivity contribution is 7.12. The average molecular weight is 435 g/mol. The molecule has 0 spiro atoms. The van der Waals surface area contributed by atoms with E-state index < -0.39 is 23.8 Å². The summed E-state index contributed by atoms with van der Waals surface area (Å²) in [5.41, 5.74) is -0.00813. The van der Waals surface area contributed by atoms with Gasteiger partial charge in [-0.25, -0.2) is 4.79 Å². The quantitative estimate of drug-likeness (QED) is 0.569. The first-order chi connectivity index (χ1) is 14.1. The molecular weight excluding hydrogens is 419 g/mol. The second kappa shape index (κ2) is 8.19. The van der Waals surface area contributed by atoms with Crippen molar-refractivity contribution < 1.29 is 32.6 Å². The third-order valence-corrected chi connectivity index (χ3v) is 5.32. The molecule has 0 aliphatic carbocycles. The fourth-order valence-electron chi connectivity index (χ4n) is 2.77. The monoisotopic (exact) mass is 435 g/mol. The Morgan fingerprint density at radius 3 is 2.20 bits per heavy atom. The minimum atomic E-state index is -4.77. The van der Waals surface area contributed by atoms with Crippen LogP contribution in [0.3, 0.4) is 0 Å². The number of hydrogen-bond acceptors (Lipinski definition) is 4. The zero-order valence-corrected chi connectivity index (χ0v) is 16.4. The summed E-state index contributed by atoms with van der Waals surface area (Å²) in [4.78, 5) is 24.8. The number of carbonyl (C=O) groups excluding carboxylic acids is 1. The van der Waals surface area contributed by atoms with Crippen LogP contribution in [-0.2, 0) is 10.3 Å². The number of carboxylic acids is 1. The van der Waals surface area contributed by atoms with Crippen LogP contribution in [0, 0.1) is 0 Å². The topological polar surface area (TPSA) is 75.6 Å². The van der Waals surface area contributed by atoms with Crippen molar-refractivity contribution in [2.24, 2.45) is 0 Å². The number of carboxylic acid groups (broad SMARTS) is 1. The van der Waals surface area contributed by atoms with Crippen LogP contribution in [0.15, 0.2) is 66.0 Å². The zero-order valence-electron chi connectivity index (χ0n) is 15.6. The van der Waals surface area contributed by atoms with Gasteiger partial charge in [-0.2, -0.15) is 0 Å². The maximum atomic E-state index is 12.7. The Balaban J connectivity index is 1.78. The maximum absolute atomic E-state index is 12.7. The Kier molecular flexibility index (Phi) is 5.84. The molecule has 3 rings (SSSR count). The summed E-state index contributed by atoms with van der Waals surface area (Å²) in [6, 6.07) is 15.1. The normalized spacial score (nSPS) is 13.3. The highest BCUT2D eigenvalue weighted by Gasteiger charge is 2.37. The van der Waals surface area contributed by atoms with Gasteiger partial charge in [-0.05, 0) is 47.2 Å². The van der Waals surface area contributed by atoms with Crippen LogP contribution in [0.4, 0.5) is 13.2 Å². The van der Waals surface area contributed by atoms with Crippen molar-refractivity contribution in [1.29, 1.82) is 0 Å². The molecule has 30 heavy (non-hydrogen) atoms. The summed E-state index contributed by atoms with van der Waals surface area (Å²) >= 11 is 1.10. The second-order valence-electron chi connectivity index (χ2n) is 6.52. The number of hydrogen-bond donors (Lipinski definition) is 2. The summed E-state index contributed by atoms with van der Waals surface area (Å²) in [5.74, 6) is -2.13. The molecule has 0 unspecified atom stereocenters. The van der Waals surface area contributed by atoms with E-state index in [0.29, 0.717) is 16.7 Å². The first kappa shape index (κ1) is 21.4. The fourth-order valence-corrected chi connectivity index (χ4v) is 3.58. The number of amides is 1. The predicted octanol–water partition coefficient (Wildman–Crippen LogP) is 5.04. The molecule has 1 amide bonds. The van der Waals surface area contributed by atoms with Crippen molar-refractivity contribution >= 4 is 23.2 Å². The molecule has 1 aromatic heterocycles. The summed E-state index contributed by atoms with van der Waals surface area (Å²) in [6.07, 6.45) is -4.77. The maximum Gasteiger partial charge on any atom is 0.573 e. The van der Waals surface area contributed by atoms with Gasteiger partial charge in [-0.3, -0.25) is 4.79 Å². The van der Waals surface area contributed by atoms with Gasteiger partial charge in [-0.1, -0.05) is 42.5 Å². The SMILES string of the molecule is C[C@](NC(=O)c1cc(-c2ccc(OC(F)(F)F)cc2)cs1)(C(=O)O)c1ccccc1. The lowest BCUT2D eigenvalue weighted by Gasteiger charge is -2.26. The van der Waals surface area contributed by atoms with E-state index in [9.17, 15) is 27.9 Å². The number of alkyl halides is 3. The molecule has 156 valence electrons. The number of carbonyl (C=O) groups is 2. The molecular formula is C21H16F3NO4S. The van der Waals surface area contributed by atoms with Crippen molar-refractivity contribution in [2.45, 2.75) is 18.8 Å². The Morgan fingerprint density at radius 2 is 1.63 bits per heavy atom. The number of ether oxygens (including phenoxy) is 1. The van der Waals surface area contributed by atoms with E-state index in [-0.39, 0.29) is 10.6 Å². The minimum Gasteiger partial charge on any atom is -0.479 e. The predicted molar refractivity (Wildman–Crippen MR) is 105 cm³/mol. The van der Waals surface area contributed by atoms with Crippen LogP contribution in [-0.4, -0.2) is 23.3 Å². The van der Waals surface area contributed by atoms with Gasteiger partial charge in [0.2, 0.25) is 0 Å². The van der Waals surface area contributed by atoms with E-state index >= 15 is 0 Å². The van der Waals surface area contributed by atoms with Crippen LogP contribution >= 0.6 is 11.3 Å². The van der Waals surface area contributed by atoms with Gasteiger partial charge in [0.25, 0.3) is 5.91 Å². The molecule has 0 saturated heterocycles. The van der Waals surface area contributed by atoms with Crippen LogP contribution in [0.2, 0.25) is 0 Å². The second-order valence-corrected chi connectivity index (χ2v) is 7.43. The van der Waals surface area contributed by atoms with Crippen molar-refractivity contribution in [1.82, 2.24) is 5.32 Å². The van der Waals surface area contributed by atoms with Crippen molar-refractivity contribution in [3.05, 3.63) is 76.5 Å². The first-order valence-corrected chi connectivity index (χ1v) is 9.52. The van der Waals surface area contributed by atoms with Crippen LogP contribution < -0.4 is 10.1 Å². The number of aliphatic carboxylic acids is 1. The Labute approximate surface area is 173 Å². The molecule has 2 aromatic carbocycles. The third kappa shape index (κ3) is 4.80. The fraction of sp³-hybridized carbons (Fsp3) is 0.143. The molecule has 0 saturated carbocycles. The van der Waals surface area contributed by atoms with Gasteiger partial charge in [0, 0.05) is 0 Å². The molecule has 0 fully saturated rings. The number of nitrogens with one attached hydrogen (secondary N) is 1. The van der Waals surface area contributed by atoms with Crippen molar-refractivity contribution in [2.75, 3.05) is 0 Å². The van der Waals surface area contributed by atoms with Gasteiger partial charge in [0.05, 0.1) is 4.88 Å². The Morgan fingerprint density at radius 1 is 1.00 bits per heavy atom. The number of halogens is 3. The molecule has 5 nitrogen and oxygen atoms in total. The van der Waals surface area contributed by atoms with E-state index in [0.717, 1.165) is 11.3 Å². The van der Waals surface area contributed by atoms with Gasteiger partial charge in [0.1, 0.15) is 5.75 Å². The minimum absolute atomic E-state index is 0.268. The lowest BCUT2D eigenvalue weighted by atomic mass is 9.92. The molecule has 0 radical (unpaired) electrons. The molecule has 2 N–H and O–H groups in total. The number of rotatable bonds is 6. The van der Waals surface area contributed by atoms with Crippen LogP contribution in [0.5, 0.6) is 5.75 Å². The molecule has 0 bridgehead atoms. The van der Waals surface area contributed by atoms with E-state index in [4.69, 9.17) is 0 Å². The van der Waals surface area contributed by atoms with E-state index in [1.165, 1.54) is 31.2 Å². The number of thiophene rings is 1. The van der Waals surface area contributed by atoms with Crippen molar-refractivity contribution in [3.63, 3.8) is 0 Å². The van der Waals surface area contributed by atoms with Crippen molar-refractivity contribution in [3.8, 4) is 16.9 Å². The largest absolute Gasteiger partial charge is 0.573 e. The molecule has 0 aliphatic rings.